The van der Waals surface area contributed by atoms with Crippen LogP contribution in [-0.2, 0) is 10.1 Å². The van der Waals surface area contributed by atoms with Crippen LogP contribution in [-0.4, -0.2) is 31.4 Å². The van der Waals surface area contributed by atoms with Gasteiger partial charge in [0.05, 0.1) is 0 Å². The summed E-state index contributed by atoms with van der Waals surface area (Å²) in [7, 11) is -3.95. The second-order valence-corrected chi connectivity index (χ2v) is 3.75. The third-order valence-electron chi connectivity index (χ3n) is 1.25. The summed E-state index contributed by atoms with van der Waals surface area (Å²) < 4.78 is 29.6. The first kappa shape index (κ1) is 10.8. The van der Waals surface area contributed by atoms with Gasteiger partial charge in [0, 0.05) is 13.1 Å². The molecule has 0 saturated carbocycles. The first-order valence-corrected chi connectivity index (χ1v) is 4.92. The van der Waals surface area contributed by atoms with Gasteiger partial charge in [-0.1, -0.05) is 6.92 Å². The molecule has 0 aliphatic carbocycles. The van der Waals surface area contributed by atoms with Crippen LogP contribution in [0.4, 0.5) is 0 Å². The highest BCUT2D eigenvalue weighted by Gasteiger charge is 2.18. The van der Waals surface area contributed by atoms with Crippen LogP contribution >= 0.6 is 0 Å². The molecule has 0 aliphatic heterocycles. The molecule has 11 heavy (non-hydrogen) atoms. The van der Waals surface area contributed by atoms with E-state index in [4.69, 9.17) is 10.3 Å². The zero-order valence-electron chi connectivity index (χ0n) is 6.45. The third-order valence-corrected chi connectivity index (χ3v) is 2.47. The largest absolute Gasteiger partial charge is 0.329 e. The molecule has 4 N–H and O–H groups in total. The lowest BCUT2D eigenvalue weighted by Crippen LogP contribution is -2.38. The maximum atomic E-state index is 10.5. The fourth-order valence-electron chi connectivity index (χ4n) is 0.705. The van der Waals surface area contributed by atoms with Crippen LogP contribution in [0.1, 0.15) is 13.3 Å². The molecule has 0 bridgehead atoms. The van der Waals surface area contributed by atoms with Gasteiger partial charge in [-0.05, 0) is 6.42 Å². The van der Waals surface area contributed by atoms with Gasteiger partial charge in [0.25, 0.3) is 10.1 Å². The smallest absolute Gasteiger partial charge is 0.281 e. The van der Waals surface area contributed by atoms with Crippen molar-refractivity contribution in [3.05, 3.63) is 0 Å². The summed E-state index contributed by atoms with van der Waals surface area (Å²) in [6.07, 6.45) is 0.332. The van der Waals surface area contributed by atoms with E-state index in [1.54, 1.807) is 6.92 Å². The molecule has 1 atom stereocenters. The van der Waals surface area contributed by atoms with Crippen molar-refractivity contribution in [2.45, 2.75) is 18.7 Å². The number of nitrogens with one attached hydrogen (secondary N) is 1. The maximum Gasteiger partial charge on any atom is 0.281 e. The molecule has 0 aromatic heterocycles. The number of hydrogen-bond donors (Lipinski definition) is 3. The van der Waals surface area contributed by atoms with Crippen molar-refractivity contribution >= 4 is 10.1 Å². The molecule has 0 fully saturated rings. The topological polar surface area (TPSA) is 92.4 Å². The molecule has 0 aromatic rings. The lowest BCUT2D eigenvalue weighted by atomic mass is 10.4. The quantitative estimate of drug-likeness (QED) is 0.482. The minimum Gasteiger partial charge on any atom is -0.329 e. The van der Waals surface area contributed by atoms with Crippen molar-refractivity contribution in [2.24, 2.45) is 5.73 Å². The normalized spacial score (nSPS) is 14.8. The summed E-state index contributed by atoms with van der Waals surface area (Å²) in [4.78, 5) is 0. The predicted molar refractivity (Wildman–Crippen MR) is 42.7 cm³/mol. The van der Waals surface area contributed by atoms with Crippen LogP contribution in [0.5, 0.6) is 0 Å². The van der Waals surface area contributed by atoms with Gasteiger partial charge in [-0.3, -0.25) is 9.87 Å². The van der Waals surface area contributed by atoms with E-state index in [0.717, 1.165) is 0 Å². The highest BCUT2D eigenvalue weighted by Crippen LogP contribution is 1.98. The van der Waals surface area contributed by atoms with Gasteiger partial charge in [0.1, 0.15) is 5.37 Å². The fourth-order valence-corrected chi connectivity index (χ4v) is 1.45. The molecule has 0 heterocycles. The number of nitrogens with two attached hydrogens (primary N) is 1. The van der Waals surface area contributed by atoms with Crippen LogP contribution in [0.25, 0.3) is 0 Å². The Morgan fingerprint density at radius 3 is 2.45 bits per heavy atom. The van der Waals surface area contributed by atoms with Crippen molar-refractivity contribution in [2.75, 3.05) is 13.1 Å². The van der Waals surface area contributed by atoms with Gasteiger partial charge in [0.15, 0.2) is 0 Å². The van der Waals surface area contributed by atoms with Crippen molar-refractivity contribution in [1.29, 1.82) is 0 Å². The first-order chi connectivity index (χ1) is 5.02. The van der Waals surface area contributed by atoms with E-state index in [1.165, 1.54) is 0 Å². The molecule has 6 heteroatoms. The minimum absolute atomic E-state index is 0.332. The van der Waals surface area contributed by atoms with Crippen LogP contribution in [0.15, 0.2) is 0 Å². The predicted octanol–water partition coefficient (Wildman–Crippen LogP) is -0.841. The van der Waals surface area contributed by atoms with Crippen molar-refractivity contribution in [3.8, 4) is 0 Å². The molecular weight excluding hydrogens is 168 g/mol. The zero-order chi connectivity index (χ0) is 8.91. The lowest BCUT2D eigenvalue weighted by molar-refractivity contribution is 0.447. The Balaban J connectivity index is 3.97. The van der Waals surface area contributed by atoms with Gasteiger partial charge in [-0.2, -0.15) is 8.42 Å². The SMILES string of the molecule is CCC(NCCN)S(=O)(=O)O. The summed E-state index contributed by atoms with van der Waals surface area (Å²) in [6, 6.07) is 0. The van der Waals surface area contributed by atoms with Crippen LogP contribution in [0, 0.1) is 0 Å². The van der Waals surface area contributed by atoms with Crippen molar-refractivity contribution in [3.63, 3.8) is 0 Å². The Labute approximate surface area is 66.7 Å². The van der Waals surface area contributed by atoms with Gasteiger partial charge in [-0.15, -0.1) is 0 Å². The van der Waals surface area contributed by atoms with E-state index >= 15 is 0 Å². The second-order valence-electron chi connectivity index (χ2n) is 2.15. The van der Waals surface area contributed by atoms with E-state index in [2.05, 4.69) is 5.32 Å². The average molecular weight is 182 g/mol. The molecule has 1 unspecified atom stereocenters. The minimum atomic E-state index is -3.95. The molecule has 5 nitrogen and oxygen atoms in total. The summed E-state index contributed by atoms with van der Waals surface area (Å²) in [5.41, 5.74) is 5.14. The van der Waals surface area contributed by atoms with Crippen LogP contribution in [0.2, 0.25) is 0 Å². The molecule has 0 amide bonds. The summed E-state index contributed by atoms with van der Waals surface area (Å²) in [6.45, 7) is 2.41. The highest BCUT2D eigenvalue weighted by atomic mass is 32.2. The van der Waals surface area contributed by atoms with Gasteiger partial charge >= 0.3 is 0 Å². The zero-order valence-corrected chi connectivity index (χ0v) is 7.26. The Morgan fingerprint density at radius 1 is 1.64 bits per heavy atom. The van der Waals surface area contributed by atoms with Gasteiger partial charge in [-0.25, -0.2) is 0 Å². The van der Waals surface area contributed by atoms with E-state index in [0.29, 0.717) is 19.5 Å². The van der Waals surface area contributed by atoms with Crippen LogP contribution < -0.4 is 11.1 Å². The Hall–Kier alpha value is -0.170. The molecule has 0 saturated heterocycles. The van der Waals surface area contributed by atoms with E-state index < -0.39 is 15.5 Å². The summed E-state index contributed by atoms with van der Waals surface area (Å²) >= 11 is 0. The first-order valence-electron chi connectivity index (χ1n) is 3.42. The van der Waals surface area contributed by atoms with E-state index in [1.807, 2.05) is 0 Å². The number of hydrogen-bond acceptors (Lipinski definition) is 4. The fraction of sp³-hybridized carbons (Fsp3) is 1.00. The number of rotatable bonds is 5. The summed E-state index contributed by atoms with van der Waals surface area (Å²) in [5, 5.41) is 1.71. The van der Waals surface area contributed by atoms with E-state index in [9.17, 15) is 8.42 Å². The highest BCUT2D eigenvalue weighted by molar-refractivity contribution is 7.86. The standard InChI is InChI=1S/C5H14N2O3S/c1-2-5(7-4-3-6)11(8,9)10/h5,7H,2-4,6H2,1H3,(H,8,9,10). The molecule has 0 rings (SSSR count). The van der Waals surface area contributed by atoms with Crippen molar-refractivity contribution < 1.29 is 13.0 Å². The molecule has 0 aliphatic rings. The van der Waals surface area contributed by atoms with Gasteiger partial charge in [0.2, 0.25) is 0 Å². The average Bonchev–Trinajstić information content (AvgIpc) is 1.87. The van der Waals surface area contributed by atoms with E-state index in [-0.39, 0.29) is 0 Å². The maximum absolute atomic E-state index is 10.5. The molecular formula is C5H14N2O3S. The second kappa shape index (κ2) is 4.66. The Kier molecular flexibility index (Phi) is 4.58. The van der Waals surface area contributed by atoms with Crippen LogP contribution in [0.3, 0.4) is 0 Å². The Bertz CT molecular complexity index is 190. The lowest BCUT2D eigenvalue weighted by Gasteiger charge is -2.11. The van der Waals surface area contributed by atoms with Crippen molar-refractivity contribution in [1.82, 2.24) is 5.32 Å². The molecule has 0 aromatic carbocycles. The Morgan fingerprint density at radius 2 is 2.18 bits per heavy atom. The molecule has 0 spiro atoms. The summed E-state index contributed by atoms with van der Waals surface area (Å²) in [5.74, 6) is 0. The third kappa shape index (κ3) is 4.31. The molecule has 68 valence electrons. The molecule has 0 radical (unpaired) electrons. The van der Waals surface area contributed by atoms with Gasteiger partial charge < -0.3 is 5.73 Å². The monoisotopic (exact) mass is 182 g/mol.